The number of benzene rings is 1. The van der Waals surface area contributed by atoms with Gasteiger partial charge in [0.25, 0.3) is 0 Å². The second kappa shape index (κ2) is 7.40. The summed E-state index contributed by atoms with van der Waals surface area (Å²) in [6.07, 6.45) is 0. The Balaban J connectivity index is 0. The number of carbonyl (C=O) groups is 2. The van der Waals surface area contributed by atoms with Gasteiger partial charge >= 0.3 is 41.5 Å². The van der Waals surface area contributed by atoms with Crippen LogP contribution < -0.4 is 29.6 Å². The molecule has 1 aromatic carbocycles. The summed E-state index contributed by atoms with van der Waals surface area (Å²) in [5.74, 6) is -1.94. The second-order valence-electron chi connectivity index (χ2n) is 2.71. The maximum Gasteiger partial charge on any atom is 1.00 e. The van der Waals surface area contributed by atoms with Crippen molar-refractivity contribution in [3.8, 4) is 0 Å². The monoisotopic (exact) mass is 234 g/mol. The summed E-state index contributed by atoms with van der Waals surface area (Å²) in [6.45, 7) is -0.437. The van der Waals surface area contributed by atoms with Crippen LogP contribution in [0.1, 0.15) is 22.1 Å². The van der Waals surface area contributed by atoms with E-state index in [1.54, 1.807) is 6.07 Å². The third kappa shape index (κ3) is 3.94. The van der Waals surface area contributed by atoms with E-state index in [1.165, 1.54) is 18.2 Å². The first-order chi connectivity index (χ1) is 7.16. The summed E-state index contributed by atoms with van der Waals surface area (Å²) in [5.41, 5.74) is -0.126. The maximum atomic E-state index is 11.3. The van der Waals surface area contributed by atoms with Crippen molar-refractivity contribution in [3.05, 3.63) is 35.4 Å². The Morgan fingerprint density at radius 1 is 1.25 bits per heavy atom. The third-order valence-corrected chi connectivity index (χ3v) is 1.70. The number of carbonyl (C=O) groups excluding carboxylic acids is 1. The van der Waals surface area contributed by atoms with Gasteiger partial charge in [0.2, 0.25) is 0 Å². The van der Waals surface area contributed by atoms with Crippen LogP contribution >= 0.6 is 0 Å². The number of carboxylic acids is 1. The van der Waals surface area contributed by atoms with Crippen LogP contribution in [0.25, 0.3) is 0 Å². The largest absolute Gasteiger partial charge is 1.00 e. The Hall–Kier alpha value is -0.880. The maximum absolute atomic E-state index is 11.3. The number of ether oxygens (including phenoxy) is 1. The van der Waals surface area contributed by atoms with Gasteiger partial charge in [0.05, 0.1) is 17.7 Å². The van der Waals surface area contributed by atoms with E-state index in [0.29, 0.717) is 0 Å². The van der Waals surface area contributed by atoms with E-state index in [1.807, 2.05) is 0 Å². The quantitative estimate of drug-likeness (QED) is 0.450. The molecule has 1 rings (SSSR count). The minimum Gasteiger partial charge on any atom is -1.00 e. The standard InChI is InChI=1S/C10H10O5.Na.H/c11-5-6-15-10(14)8-4-2-1-3-7(8)9(12)13;;/h1-4,11H,5-6H2,(H,12,13);;/q;+1;-1. The number of hydrogen-bond donors (Lipinski definition) is 2. The van der Waals surface area contributed by atoms with Crippen LogP contribution in [0.4, 0.5) is 0 Å². The number of esters is 1. The smallest absolute Gasteiger partial charge is 1.00 e. The van der Waals surface area contributed by atoms with Crippen LogP contribution in [0.15, 0.2) is 24.3 Å². The number of aromatic carboxylic acids is 1. The van der Waals surface area contributed by atoms with E-state index in [9.17, 15) is 9.59 Å². The van der Waals surface area contributed by atoms with Gasteiger partial charge in [-0.1, -0.05) is 12.1 Å². The average molecular weight is 234 g/mol. The van der Waals surface area contributed by atoms with Crippen LogP contribution in [0.2, 0.25) is 0 Å². The number of carboxylic acid groups (broad SMARTS) is 1. The van der Waals surface area contributed by atoms with Crippen LogP contribution in [0.5, 0.6) is 0 Å². The van der Waals surface area contributed by atoms with Gasteiger partial charge in [-0.05, 0) is 12.1 Å². The summed E-state index contributed by atoms with van der Waals surface area (Å²) >= 11 is 0. The van der Waals surface area contributed by atoms with Gasteiger partial charge in [-0.15, -0.1) is 0 Å². The zero-order valence-electron chi connectivity index (χ0n) is 9.84. The summed E-state index contributed by atoms with van der Waals surface area (Å²) in [5, 5.41) is 17.2. The van der Waals surface area contributed by atoms with Gasteiger partial charge < -0.3 is 16.4 Å². The summed E-state index contributed by atoms with van der Waals surface area (Å²) in [7, 11) is 0. The molecule has 5 nitrogen and oxygen atoms in total. The molecule has 0 saturated heterocycles. The first kappa shape index (κ1) is 15.1. The molecule has 1 aromatic rings. The zero-order valence-corrected chi connectivity index (χ0v) is 10.8. The zero-order chi connectivity index (χ0) is 11.3. The Bertz CT molecular complexity index is 383. The molecule has 0 bridgehead atoms. The third-order valence-electron chi connectivity index (χ3n) is 1.70. The molecular formula is C10H11NaO5. The number of hydrogen-bond acceptors (Lipinski definition) is 4. The van der Waals surface area contributed by atoms with Gasteiger partial charge in [0, 0.05) is 0 Å². The van der Waals surface area contributed by atoms with Crippen LogP contribution in [0, 0.1) is 0 Å². The fourth-order valence-corrected chi connectivity index (χ4v) is 1.06. The molecule has 0 heterocycles. The van der Waals surface area contributed by atoms with Gasteiger partial charge in [0.15, 0.2) is 0 Å². The molecular weight excluding hydrogens is 223 g/mol. The molecule has 0 spiro atoms. The predicted molar refractivity (Wildman–Crippen MR) is 51.9 cm³/mol. The fraction of sp³-hybridized carbons (Fsp3) is 0.200. The van der Waals surface area contributed by atoms with Crippen molar-refractivity contribution < 1.29 is 55.5 Å². The van der Waals surface area contributed by atoms with E-state index in [0.717, 1.165) is 0 Å². The molecule has 0 aliphatic heterocycles. The van der Waals surface area contributed by atoms with E-state index in [2.05, 4.69) is 4.74 Å². The molecule has 0 aromatic heterocycles. The Morgan fingerprint density at radius 2 is 1.81 bits per heavy atom. The van der Waals surface area contributed by atoms with Crippen LogP contribution in [-0.4, -0.2) is 35.4 Å². The molecule has 0 saturated carbocycles. The topological polar surface area (TPSA) is 83.8 Å². The van der Waals surface area contributed by atoms with E-state index >= 15 is 0 Å². The van der Waals surface area contributed by atoms with E-state index in [-0.39, 0.29) is 55.3 Å². The molecule has 82 valence electrons. The van der Waals surface area contributed by atoms with Gasteiger partial charge in [-0.25, -0.2) is 9.59 Å². The molecule has 0 radical (unpaired) electrons. The summed E-state index contributed by atoms with van der Waals surface area (Å²) in [4.78, 5) is 22.1. The Morgan fingerprint density at radius 3 is 2.31 bits per heavy atom. The molecule has 0 aliphatic carbocycles. The molecule has 0 amide bonds. The normalized spacial score (nSPS) is 9.06. The van der Waals surface area contributed by atoms with Crippen molar-refractivity contribution in [1.82, 2.24) is 0 Å². The number of aliphatic hydroxyl groups excluding tert-OH is 1. The minimum atomic E-state index is -1.19. The SMILES string of the molecule is O=C(O)c1ccccc1C(=O)OCCO.[H-].[Na+]. The fourth-order valence-electron chi connectivity index (χ4n) is 1.06. The predicted octanol–water partition coefficient (Wildman–Crippen LogP) is -2.35. The van der Waals surface area contributed by atoms with Crippen LogP contribution in [-0.2, 0) is 4.74 Å². The first-order valence-electron chi connectivity index (χ1n) is 4.27. The van der Waals surface area contributed by atoms with E-state index < -0.39 is 11.9 Å². The van der Waals surface area contributed by atoms with Crippen molar-refractivity contribution in [1.29, 1.82) is 0 Å². The van der Waals surface area contributed by atoms with Crippen molar-refractivity contribution in [2.45, 2.75) is 0 Å². The first-order valence-corrected chi connectivity index (χ1v) is 4.27. The van der Waals surface area contributed by atoms with Crippen molar-refractivity contribution in [2.75, 3.05) is 13.2 Å². The Labute approximate surface area is 116 Å². The molecule has 2 N–H and O–H groups in total. The minimum absolute atomic E-state index is 0. The molecule has 16 heavy (non-hydrogen) atoms. The van der Waals surface area contributed by atoms with Gasteiger partial charge in [-0.3, -0.25) is 0 Å². The molecule has 0 unspecified atom stereocenters. The molecule has 0 aliphatic rings. The van der Waals surface area contributed by atoms with Crippen molar-refractivity contribution in [2.24, 2.45) is 0 Å². The summed E-state index contributed by atoms with van der Waals surface area (Å²) < 4.78 is 4.62. The average Bonchev–Trinajstić information content (AvgIpc) is 2.25. The second-order valence-corrected chi connectivity index (χ2v) is 2.71. The number of aliphatic hydroxyl groups is 1. The summed E-state index contributed by atoms with van der Waals surface area (Å²) in [6, 6.07) is 5.75. The van der Waals surface area contributed by atoms with Gasteiger partial charge in [-0.2, -0.15) is 0 Å². The van der Waals surface area contributed by atoms with Crippen molar-refractivity contribution >= 4 is 11.9 Å². The molecule has 0 fully saturated rings. The molecule has 0 atom stereocenters. The number of rotatable bonds is 4. The van der Waals surface area contributed by atoms with Crippen molar-refractivity contribution in [3.63, 3.8) is 0 Å². The van der Waals surface area contributed by atoms with Crippen LogP contribution in [0.3, 0.4) is 0 Å². The molecule has 6 heteroatoms. The van der Waals surface area contributed by atoms with E-state index in [4.69, 9.17) is 10.2 Å². The van der Waals surface area contributed by atoms with Gasteiger partial charge in [0.1, 0.15) is 6.61 Å². The Kier molecular flexibility index (Phi) is 7.00.